The number of hydrogen-bond acceptors (Lipinski definition) is 1. The number of alkyl halides is 1. The zero-order valence-electron chi connectivity index (χ0n) is 7.67. The van der Waals surface area contributed by atoms with E-state index in [9.17, 15) is 0 Å². The van der Waals surface area contributed by atoms with Gasteiger partial charge in [-0.3, -0.25) is 4.90 Å². The summed E-state index contributed by atoms with van der Waals surface area (Å²) in [5.74, 6) is 0. The maximum Gasteiger partial charge on any atom is 0.0738 e. The molecule has 1 aromatic carbocycles. The molecule has 1 heterocycles. The molecule has 13 heavy (non-hydrogen) atoms. The average Bonchev–Trinajstić information content (AvgIpc) is 2.39. The van der Waals surface area contributed by atoms with E-state index < -0.39 is 0 Å². The fourth-order valence-corrected chi connectivity index (χ4v) is 2.07. The predicted octanol–water partition coefficient (Wildman–Crippen LogP) is 2.28. The van der Waals surface area contributed by atoms with Crippen molar-refractivity contribution in [3.05, 3.63) is 35.4 Å². The van der Waals surface area contributed by atoms with Crippen LogP contribution in [0.3, 0.4) is 0 Å². The molecule has 0 unspecified atom stereocenters. The summed E-state index contributed by atoms with van der Waals surface area (Å²) in [5, 5.41) is 0. The van der Waals surface area contributed by atoms with Crippen LogP contribution in [-0.2, 0) is 12.8 Å². The first-order chi connectivity index (χ1) is 6.40. The van der Waals surface area contributed by atoms with Crippen molar-refractivity contribution in [1.82, 2.24) is 4.90 Å². The van der Waals surface area contributed by atoms with Crippen LogP contribution in [0.2, 0.25) is 0 Å². The molecule has 2 heteroatoms. The maximum atomic E-state index is 5.82. The van der Waals surface area contributed by atoms with Gasteiger partial charge in [-0.2, -0.15) is 0 Å². The minimum Gasteiger partial charge on any atom is -0.289 e. The van der Waals surface area contributed by atoms with E-state index in [0.717, 1.165) is 25.9 Å². The van der Waals surface area contributed by atoms with Crippen LogP contribution in [0.5, 0.6) is 0 Å². The van der Waals surface area contributed by atoms with Gasteiger partial charge in [0.1, 0.15) is 0 Å². The summed E-state index contributed by atoms with van der Waals surface area (Å²) in [7, 11) is 0. The van der Waals surface area contributed by atoms with Crippen LogP contribution < -0.4 is 0 Å². The summed E-state index contributed by atoms with van der Waals surface area (Å²) in [4.78, 5) is 2.29. The van der Waals surface area contributed by atoms with E-state index in [1.165, 1.54) is 11.1 Å². The third-order valence-electron chi connectivity index (χ3n) is 2.68. The monoisotopic (exact) mass is 195 g/mol. The largest absolute Gasteiger partial charge is 0.289 e. The molecule has 0 N–H and O–H groups in total. The molecule has 0 bridgehead atoms. The minimum atomic E-state index is 0.661. The Morgan fingerprint density at radius 2 is 1.62 bits per heavy atom. The average molecular weight is 196 g/mol. The van der Waals surface area contributed by atoms with Gasteiger partial charge in [0, 0.05) is 13.1 Å². The first-order valence-electron chi connectivity index (χ1n) is 4.75. The molecule has 1 aromatic rings. The Kier molecular flexibility index (Phi) is 2.87. The first-order valence-corrected chi connectivity index (χ1v) is 5.28. The molecule has 1 aliphatic rings. The number of fused-ring (bicyclic) bond motifs is 1. The van der Waals surface area contributed by atoms with E-state index >= 15 is 0 Å². The zero-order valence-corrected chi connectivity index (χ0v) is 8.43. The van der Waals surface area contributed by atoms with Gasteiger partial charge in [0.05, 0.1) is 6.00 Å². The fraction of sp³-hybridized carbons (Fsp3) is 0.455. The Labute approximate surface area is 84.3 Å². The van der Waals surface area contributed by atoms with Crippen LogP contribution in [0.25, 0.3) is 0 Å². The quantitative estimate of drug-likeness (QED) is 0.491. The molecule has 2 rings (SSSR count). The van der Waals surface area contributed by atoms with E-state index in [0.29, 0.717) is 6.00 Å². The predicted molar refractivity (Wildman–Crippen MR) is 56.1 cm³/mol. The van der Waals surface area contributed by atoms with Crippen molar-refractivity contribution in [3.63, 3.8) is 0 Å². The molecule has 0 fully saturated rings. The number of benzene rings is 1. The maximum absolute atomic E-state index is 5.82. The Bertz CT molecular complexity index is 258. The Morgan fingerprint density at radius 3 is 2.08 bits per heavy atom. The van der Waals surface area contributed by atoms with Crippen molar-refractivity contribution in [2.24, 2.45) is 0 Å². The Balaban J connectivity index is 2.17. The van der Waals surface area contributed by atoms with Crippen LogP contribution >= 0.6 is 11.6 Å². The van der Waals surface area contributed by atoms with Gasteiger partial charge < -0.3 is 0 Å². The zero-order chi connectivity index (χ0) is 9.10. The van der Waals surface area contributed by atoms with E-state index in [1.807, 2.05) is 0 Å². The molecule has 0 saturated heterocycles. The summed E-state index contributed by atoms with van der Waals surface area (Å²) in [6, 6.07) is 9.36. The molecule has 1 nitrogen and oxygen atoms in total. The molecule has 0 atom stereocenters. The van der Waals surface area contributed by atoms with Gasteiger partial charge in [-0.1, -0.05) is 24.3 Å². The summed E-state index contributed by atoms with van der Waals surface area (Å²) in [6.07, 6.45) is 2.28. The third kappa shape index (κ3) is 2.04. The Hall–Kier alpha value is -0.530. The molecule has 0 spiro atoms. The second-order valence-corrected chi connectivity index (χ2v) is 3.75. The second-order valence-electron chi connectivity index (χ2n) is 3.51. The van der Waals surface area contributed by atoms with E-state index in [4.69, 9.17) is 11.6 Å². The van der Waals surface area contributed by atoms with Gasteiger partial charge in [-0.15, -0.1) is 11.6 Å². The lowest BCUT2D eigenvalue weighted by atomic mass is 10.0. The Morgan fingerprint density at radius 1 is 1.08 bits per heavy atom. The fourth-order valence-electron chi connectivity index (χ4n) is 1.83. The highest BCUT2D eigenvalue weighted by molar-refractivity contribution is 6.17. The molecule has 0 radical (unpaired) electrons. The smallest absolute Gasteiger partial charge is 0.0738 e. The van der Waals surface area contributed by atoms with Crippen LogP contribution in [-0.4, -0.2) is 24.0 Å². The molecule has 1 aliphatic heterocycles. The van der Waals surface area contributed by atoms with Crippen molar-refractivity contribution in [1.29, 1.82) is 0 Å². The standard InChI is InChI=1S/C11H14ClN/c12-9-13-7-5-10-3-1-2-4-11(10)6-8-13/h1-4H,5-9H2. The van der Waals surface area contributed by atoms with Crippen LogP contribution in [0.1, 0.15) is 11.1 Å². The number of hydrogen-bond donors (Lipinski definition) is 0. The normalized spacial score (nSPS) is 17.9. The second kappa shape index (κ2) is 4.12. The van der Waals surface area contributed by atoms with Crippen LogP contribution in [0.4, 0.5) is 0 Å². The molecule has 0 aliphatic carbocycles. The minimum absolute atomic E-state index is 0.661. The van der Waals surface area contributed by atoms with Gasteiger partial charge in [-0.25, -0.2) is 0 Å². The molecule has 70 valence electrons. The van der Waals surface area contributed by atoms with Crippen molar-refractivity contribution < 1.29 is 0 Å². The van der Waals surface area contributed by atoms with Crippen molar-refractivity contribution in [2.45, 2.75) is 12.8 Å². The molecular weight excluding hydrogens is 182 g/mol. The summed E-state index contributed by atoms with van der Waals surface area (Å²) < 4.78 is 0. The summed E-state index contributed by atoms with van der Waals surface area (Å²) in [5.41, 5.74) is 2.99. The van der Waals surface area contributed by atoms with Gasteiger partial charge in [-0.05, 0) is 24.0 Å². The van der Waals surface area contributed by atoms with Crippen molar-refractivity contribution in [3.8, 4) is 0 Å². The van der Waals surface area contributed by atoms with E-state index in [1.54, 1.807) is 0 Å². The van der Waals surface area contributed by atoms with Crippen molar-refractivity contribution in [2.75, 3.05) is 19.1 Å². The van der Waals surface area contributed by atoms with Gasteiger partial charge in [0.25, 0.3) is 0 Å². The summed E-state index contributed by atoms with van der Waals surface area (Å²) >= 11 is 5.82. The lowest BCUT2D eigenvalue weighted by Crippen LogP contribution is -2.24. The topological polar surface area (TPSA) is 3.24 Å². The molecule has 0 amide bonds. The highest BCUT2D eigenvalue weighted by Gasteiger charge is 2.11. The number of rotatable bonds is 1. The summed E-state index contributed by atoms with van der Waals surface area (Å²) in [6.45, 7) is 2.20. The van der Waals surface area contributed by atoms with Crippen molar-refractivity contribution >= 4 is 11.6 Å². The van der Waals surface area contributed by atoms with Crippen LogP contribution in [0, 0.1) is 0 Å². The SMILES string of the molecule is ClCN1CCc2ccccc2CC1. The first kappa shape index (κ1) is 9.04. The van der Waals surface area contributed by atoms with Crippen LogP contribution in [0.15, 0.2) is 24.3 Å². The van der Waals surface area contributed by atoms with Gasteiger partial charge in [0.2, 0.25) is 0 Å². The third-order valence-corrected chi connectivity index (χ3v) is 3.02. The number of halogens is 1. The highest BCUT2D eigenvalue weighted by atomic mass is 35.5. The molecule has 0 saturated carbocycles. The van der Waals surface area contributed by atoms with Gasteiger partial charge >= 0.3 is 0 Å². The lowest BCUT2D eigenvalue weighted by Gasteiger charge is -2.14. The van der Waals surface area contributed by atoms with E-state index in [-0.39, 0.29) is 0 Å². The molecular formula is C11H14ClN. The van der Waals surface area contributed by atoms with Gasteiger partial charge in [0.15, 0.2) is 0 Å². The molecule has 0 aromatic heterocycles. The highest BCUT2D eigenvalue weighted by Crippen LogP contribution is 2.15. The van der Waals surface area contributed by atoms with E-state index in [2.05, 4.69) is 29.2 Å². The number of nitrogens with zero attached hydrogens (tertiary/aromatic N) is 1. The lowest BCUT2D eigenvalue weighted by molar-refractivity contribution is 0.335.